The number of hydrogen-bond donors (Lipinski definition) is 2. The highest BCUT2D eigenvalue weighted by molar-refractivity contribution is 5.89. The summed E-state index contributed by atoms with van der Waals surface area (Å²) in [7, 11) is 1.85. The van der Waals surface area contributed by atoms with Gasteiger partial charge in [0.1, 0.15) is 5.82 Å². The molecule has 1 aliphatic carbocycles. The van der Waals surface area contributed by atoms with Gasteiger partial charge in [-0.25, -0.2) is 4.79 Å². The van der Waals surface area contributed by atoms with Crippen molar-refractivity contribution < 1.29 is 4.79 Å². The summed E-state index contributed by atoms with van der Waals surface area (Å²) in [4.78, 5) is 17.0. The van der Waals surface area contributed by atoms with Gasteiger partial charge in [-0.3, -0.25) is 15.0 Å². The Bertz CT molecular complexity index is 748. The standard InChI is InChI=1S/C18H25N5O/c1-5-14-12(3)22-23(4)17(14)21-18(24)20-16(13-6-7-13)15-10-11(2)8-9-19-15/h8-10,13,16H,5-7H2,1-4H3,(H2,20,21,24). The highest BCUT2D eigenvalue weighted by Crippen LogP contribution is 2.40. The number of urea groups is 1. The van der Waals surface area contributed by atoms with E-state index in [0.717, 1.165) is 47.6 Å². The van der Waals surface area contributed by atoms with Crippen LogP contribution in [0.3, 0.4) is 0 Å². The molecule has 0 radical (unpaired) electrons. The number of rotatable bonds is 5. The predicted molar refractivity (Wildman–Crippen MR) is 93.9 cm³/mol. The molecule has 3 rings (SSSR count). The van der Waals surface area contributed by atoms with Crippen LogP contribution in [0.5, 0.6) is 0 Å². The molecule has 0 aliphatic heterocycles. The second kappa shape index (κ2) is 6.63. The predicted octanol–water partition coefficient (Wildman–Crippen LogP) is 3.27. The first-order chi connectivity index (χ1) is 11.5. The minimum absolute atomic E-state index is 0.0377. The molecule has 2 aromatic heterocycles. The first kappa shape index (κ1) is 16.5. The van der Waals surface area contributed by atoms with Gasteiger partial charge in [-0.1, -0.05) is 6.92 Å². The van der Waals surface area contributed by atoms with E-state index in [-0.39, 0.29) is 12.1 Å². The van der Waals surface area contributed by atoms with Crippen LogP contribution in [0.1, 0.15) is 48.3 Å². The summed E-state index contributed by atoms with van der Waals surface area (Å²) in [6, 6.07) is 3.78. The number of pyridine rings is 1. The monoisotopic (exact) mass is 327 g/mol. The number of carbonyl (C=O) groups is 1. The molecule has 1 saturated carbocycles. The number of nitrogens with one attached hydrogen (secondary N) is 2. The van der Waals surface area contributed by atoms with Crippen molar-refractivity contribution in [1.29, 1.82) is 0 Å². The lowest BCUT2D eigenvalue weighted by atomic mass is 10.1. The fourth-order valence-electron chi connectivity index (χ4n) is 3.16. The maximum absolute atomic E-state index is 12.6. The van der Waals surface area contributed by atoms with Gasteiger partial charge in [-0.15, -0.1) is 0 Å². The summed E-state index contributed by atoms with van der Waals surface area (Å²) in [6.45, 7) is 6.07. The molecule has 1 aliphatic rings. The van der Waals surface area contributed by atoms with E-state index in [0.29, 0.717) is 5.92 Å². The minimum Gasteiger partial charge on any atom is -0.329 e. The summed E-state index contributed by atoms with van der Waals surface area (Å²) in [6.07, 6.45) is 4.90. The van der Waals surface area contributed by atoms with Crippen LogP contribution in [0.15, 0.2) is 18.3 Å². The van der Waals surface area contributed by atoms with E-state index in [1.807, 2.05) is 27.0 Å². The molecule has 1 unspecified atom stereocenters. The number of aryl methyl sites for hydroxylation is 3. The second-order valence-electron chi connectivity index (χ2n) is 6.56. The normalized spacial score (nSPS) is 15.2. The van der Waals surface area contributed by atoms with Crippen LogP contribution in [0.25, 0.3) is 0 Å². The van der Waals surface area contributed by atoms with Gasteiger partial charge in [0, 0.05) is 18.8 Å². The number of anilines is 1. The Labute approximate surface area is 142 Å². The molecular formula is C18H25N5O. The molecule has 2 amide bonds. The lowest BCUT2D eigenvalue weighted by molar-refractivity contribution is 0.246. The molecule has 1 fully saturated rings. The summed E-state index contributed by atoms with van der Waals surface area (Å²) in [5.74, 6) is 1.24. The zero-order valence-electron chi connectivity index (χ0n) is 14.8. The maximum Gasteiger partial charge on any atom is 0.320 e. The van der Waals surface area contributed by atoms with E-state index >= 15 is 0 Å². The van der Waals surface area contributed by atoms with Crippen molar-refractivity contribution in [3.63, 3.8) is 0 Å². The smallest absolute Gasteiger partial charge is 0.320 e. The van der Waals surface area contributed by atoms with Crippen molar-refractivity contribution in [2.45, 2.75) is 46.1 Å². The van der Waals surface area contributed by atoms with Crippen molar-refractivity contribution in [1.82, 2.24) is 20.1 Å². The Balaban J connectivity index is 1.75. The third-order valence-electron chi connectivity index (χ3n) is 4.57. The third kappa shape index (κ3) is 3.42. The molecule has 2 aromatic rings. The highest BCUT2D eigenvalue weighted by atomic mass is 16.2. The molecule has 6 nitrogen and oxygen atoms in total. The topological polar surface area (TPSA) is 71.8 Å². The molecule has 6 heteroatoms. The minimum atomic E-state index is -0.201. The largest absolute Gasteiger partial charge is 0.329 e. The Hall–Kier alpha value is -2.37. The molecule has 0 spiro atoms. The van der Waals surface area contributed by atoms with Gasteiger partial charge in [0.2, 0.25) is 0 Å². The average Bonchev–Trinajstić information content (AvgIpc) is 3.33. The van der Waals surface area contributed by atoms with Crippen LogP contribution in [-0.2, 0) is 13.5 Å². The van der Waals surface area contributed by atoms with E-state index < -0.39 is 0 Å². The first-order valence-electron chi connectivity index (χ1n) is 8.52. The van der Waals surface area contributed by atoms with E-state index in [1.165, 1.54) is 0 Å². The van der Waals surface area contributed by atoms with Gasteiger partial charge in [0.25, 0.3) is 0 Å². The van der Waals surface area contributed by atoms with Crippen LogP contribution in [0.4, 0.5) is 10.6 Å². The number of amides is 2. The zero-order chi connectivity index (χ0) is 17.3. The summed E-state index contributed by atoms with van der Waals surface area (Å²) in [5.41, 5.74) is 4.12. The van der Waals surface area contributed by atoms with E-state index in [4.69, 9.17) is 0 Å². The van der Waals surface area contributed by atoms with Crippen molar-refractivity contribution in [2.75, 3.05) is 5.32 Å². The van der Waals surface area contributed by atoms with Crippen LogP contribution >= 0.6 is 0 Å². The van der Waals surface area contributed by atoms with Gasteiger partial charge in [-0.2, -0.15) is 5.10 Å². The van der Waals surface area contributed by atoms with Crippen molar-refractivity contribution in [3.05, 3.63) is 40.8 Å². The molecule has 24 heavy (non-hydrogen) atoms. The Morgan fingerprint density at radius 3 is 2.79 bits per heavy atom. The van der Waals surface area contributed by atoms with Crippen LogP contribution < -0.4 is 10.6 Å². The molecule has 0 bridgehead atoms. The number of carbonyl (C=O) groups excluding carboxylic acids is 1. The Kier molecular flexibility index (Phi) is 4.55. The molecular weight excluding hydrogens is 302 g/mol. The van der Waals surface area contributed by atoms with Crippen LogP contribution in [0, 0.1) is 19.8 Å². The SMILES string of the molecule is CCc1c(C)nn(C)c1NC(=O)NC(c1cc(C)ccn1)C1CC1. The van der Waals surface area contributed by atoms with Gasteiger partial charge >= 0.3 is 6.03 Å². The zero-order valence-corrected chi connectivity index (χ0v) is 14.8. The number of hydrogen-bond acceptors (Lipinski definition) is 3. The van der Waals surface area contributed by atoms with Crippen LogP contribution in [-0.4, -0.2) is 20.8 Å². The average molecular weight is 327 g/mol. The molecule has 2 heterocycles. The first-order valence-corrected chi connectivity index (χ1v) is 8.52. The summed E-state index contributed by atoms with van der Waals surface area (Å²) in [5, 5.41) is 10.5. The lowest BCUT2D eigenvalue weighted by Gasteiger charge is -2.19. The van der Waals surface area contributed by atoms with Crippen molar-refractivity contribution in [2.24, 2.45) is 13.0 Å². The number of aromatic nitrogens is 3. The molecule has 0 saturated heterocycles. The maximum atomic E-state index is 12.6. The van der Waals surface area contributed by atoms with Crippen molar-refractivity contribution >= 4 is 11.8 Å². The molecule has 2 N–H and O–H groups in total. The van der Waals surface area contributed by atoms with E-state index in [1.54, 1.807) is 10.9 Å². The van der Waals surface area contributed by atoms with Gasteiger partial charge < -0.3 is 5.32 Å². The quantitative estimate of drug-likeness (QED) is 0.885. The Morgan fingerprint density at radius 1 is 1.42 bits per heavy atom. The fraction of sp³-hybridized carbons (Fsp3) is 0.500. The summed E-state index contributed by atoms with van der Waals surface area (Å²) < 4.78 is 1.73. The van der Waals surface area contributed by atoms with Gasteiger partial charge in [0.15, 0.2) is 0 Å². The van der Waals surface area contributed by atoms with Crippen LogP contribution in [0.2, 0.25) is 0 Å². The van der Waals surface area contributed by atoms with E-state index in [2.05, 4.69) is 33.7 Å². The Morgan fingerprint density at radius 2 is 2.17 bits per heavy atom. The molecule has 128 valence electrons. The molecule has 1 atom stereocenters. The number of nitrogens with zero attached hydrogens (tertiary/aromatic N) is 3. The van der Waals surface area contributed by atoms with E-state index in [9.17, 15) is 4.79 Å². The van der Waals surface area contributed by atoms with Crippen molar-refractivity contribution in [3.8, 4) is 0 Å². The summed E-state index contributed by atoms with van der Waals surface area (Å²) >= 11 is 0. The molecule has 0 aromatic carbocycles. The van der Waals surface area contributed by atoms with Gasteiger partial charge in [-0.05, 0) is 56.7 Å². The fourth-order valence-corrected chi connectivity index (χ4v) is 3.16. The highest BCUT2D eigenvalue weighted by Gasteiger charge is 2.34. The van der Waals surface area contributed by atoms with Gasteiger partial charge in [0.05, 0.1) is 17.4 Å². The second-order valence-corrected chi connectivity index (χ2v) is 6.56. The lowest BCUT2D eigenvalue weighted by Crippen LogP contribution is -2.35. The third-order valence-corrected chi connectivity index (χ3v) is 4.57.